The van der Waals surface area contributed by atoms with Crippen LogP contribution in [0, 0.1) is 5.92 Å². The van der Waals surface area contributed by atoms with Crippen LogP contribution in [-0.2, 0) is 43.2 Å². The smallest absolute Gasteiger partial charge is 0.391 e. The van der Waals surface area contributed by atoms with E-state index in [9.17, 15) is 58.5 Å². The maximum atomic E-state index is 13.6. The van der Waals surface area contributed by atoms with Gasteiger partial charge in [-0.25, -0.2) is 4.79 Å². The molecular formula is C35H65N13O13. The van der Waals surface area contributed by atoms with Crippen molar-refractivity contribution in [1.82, 2.24) is 53.3 Å². The average Bonchev–Trinajstić information content (AvgIpc) is 3.17. The third kappa shape index (κ3) is 19.8. The van der Waals surface area contributed by atoms with E-state index in [1.165, 1.54) is 13.8 Å². The molecule has 0 aromatic heterocycles. The first-order valence-corrected chi connectivity index (χ1v) is 19.9. The van der Waals surface area contributed by atoms with Crippen molar-refractivity contribution in [2.75, 3.05) is 32.7 Å². The molecule has 10 atom stereocenters. The lowest BCUT2D eigenvalue weighted by Gasteiger charge is -2.30. The first-order chi connectivity index (χ1) is 28.6. The summed E-state index contributed by atoms with van der Waals surface area (Å²) in [6, 6.07) is -9.76. The van der Waals surface area contributed by atoms with Crippen LogP contribution in [0.4, 0.5) is 4.79 Å². The zero-order valence-corrected chi connectivity index (χ0v) is 35.1. The van der Waals surface area contributed by atoms with Gasteiger partial charge in [-0.1, -0.05) is 13.8 Å². The summed E-state index contributed by atoms with van der Waals surface area (Å²) in [5.41, 5.74) is 18.9. The monoisotopic (exact) mass is 875 g/mol. The average molecular weight is 876 g/mol. The van der Waals surface area contributed by atoms with Gasteiger partial charge in [0, 0.05) is 13.5 Å². The molecule has 0 bridgehead atoms. The zero-order chi connectivity index (χ0) is 46.4. The van der Waals surface area contributed by atoms with Crippen molar-refractivity contribution >= 4 is 53.4 Å². The second-order valence-electron chi connectivity index (χ2n) is 14.8. The normalized spacial score (nSPS) is 25.8. The SMILES string of the molecule is CC(=O)N[C@H](C(=O)NOC(=O)N[C@H]1CCNC(=O)[C@H]([C@@H](C)O)NC(=O)[C@H](CCN)NC(=O)[C@H](CCN)NC(O)[C@H](CC(C)C)NC(=O)CNC(=O)[C@H](CCN)NC1=O)[C@@H](C)O. The molecule has 0 saturated carbocycles. The molecule has 0 spiro atoms. The van der Waals surface area contributed by atoms with Crippen LogP contribution in [0.15, 0.2) is 0 Å². The molecule has 19 N–H and O–H groups in total. The molecule has 0 aromatic carbocycles. The first-order valence-electron chi connectivity index (χ1n) is 19.9. The van der Waals surface area contributed by atoms with E-state index in [-0.39, 0.29) is 51.2 Å². The number of nitrogens with one attached hydrogen (secondary N) is 10. The number of aliphatic hydroxyl groups excluding tert-OH is 3. The number of hydroxylamine groups is 1. The number of carbonyl (C=O) groups is 9. The van der Waals surface area contributed by atoms with E-state index in [0.717, 1.165) is 6.92 Å². The van der Waals surface area contributed by atoms with Gasteiger partial charge >= 0.3 is 6.09 Å². The Bertz CT molecular complexity index is 1500. The van der Waals surface area contributed by atoms with Gasteiger partial charge in [0.25, 0.3) is 5.91 Å². The molecule has 1 aliphatic rings. The lowest BCUT2D eigenvalue weighted by molar-refractivity contribution is -0.137. The van der Waals surface area contributed by atoms with E-state index >= 15 is 0 Å². The van der Waals surface area contributed by atoms with Gasteiger partial charge < -0.3 is 79.9 Å². The third-order valence-corrected chi connectivity index (χ3v) is 8.97. The molecule has 1 heterocycles. The molecule has 61 heavy (non-hydrogen) atoms. The van der Waals surface area contributed by atoms with Crippen LogP contribution < -0.4 is 70.5 Å². The number of rotatable bonds is 13. The zero-order valence-electron chi connectivity index (χ0n) is 35.1. The fraction of sp³-hybridized carbons (Fsp3) is 0.743. The van der Waals surface area contributed by atoms with Crippen LogP contribution in [-0.4, -0.2) is 162 Å². The number of carbonyl (C=O) groups excluding carboxylic acids is 9. The van der Waals surface area contributed by atoms with E-state index < -0.39 is 134 Å². The fourth-order valence-electron chi connectivity index (χ4n) is 5.85. The van der Waals surface area contributed by atoms with Gasteiger partial charge in [-0.3, -0.25) is 43.7 Å². The number of hydrogen-bond acceptors (Lipinski definition) is 17. The molecule has 0 aromatic rings. The minimum atomic E-state index is -1.64. The van der Waals surface area contributed by atoms with E-state index in [4.69, 9.17) is 22.0 Å². The highest BCUT2D eigenvalue weighted by molar-refractivity contribution is 5.95. The molecule has 1 fully saturated rings. The summed E-state index contributed by atoms with van der Waals surface area (Å²) < 4.78 is 0. The predicted molar refractivity (Wildman–Crippen MR) is 214 cm³/mol. The maximum absolute atomic E-state index is 13.6. The standard InChI is InChI=1S/C35H65N13O13/c1-16(2)14-24-32(57)45-21(7-11-37)29(54)44-22(8-12-38)31(56)47-26(17(3)49)33(58)39-13-9-23(30(55)43-20(6-10-36)28(53)40-15-25(52)42-24)46-35(60)61-48-34(59)27(18(4)50)41-19(5)51/h16-18,20-24,26-27,32,45,49-50,57H,6-15,36-38H2,1-5H3,(H,39,58)(H,40,53)(H,41,51)(H,42,52)(H,43,55)(H,44,54)(H,46,60)(H,47,56)(H,48,59)/t17-,18-,20+,21+,22+,23+,24+,26+,27+,32?/m1/s1. The van der Waals surface area contributed by atoms with Crippen LogP contribution in [0.3, 0.4) is 0 Å². The molecule has 1 saturated heterocycles. The molecule has 26 heteroatoms. The van der Waals surface area contributed by atoms with E-state index in [0.29, 0.717) is 0 Å². The summed E-state index contributed by atoms with van der Waals surface area (Å²) in [6.07, 6.45) is -6.51. The Kier molecular flexibility index (Phi) is 24.3. The quantitative estimate of drug-likeness (QED) is 0.0764. The number of hydrogen-bond donors (Lipinski definition) is 16. The Balaban J connectivity index is 3.57. The molecule has 1 unspecified atom stereocenters. The van der Waals surface area contributed by atoms with Gasteiger partial charge in [0.2, 0.25) is 41.4 Å². The van der Waals surface area contributed by atoms with E-state index in [2.05, 4.69) is 47.9 Å². The lowest BCUT2D eigenvalue weighted by atomic mass is 10.0. The summed E-state index contributed by atoms with van der Waals surface area (Å²) in [4.78, 5) is 122. The second kappa shape index (κ2) is 27.6. The Labute approximate surface area is 353 Å². The highest BCUT2D eigenvalue weighted by atomic mass is 16.7. The van der Waals surface area contributed by atoms with Gasteiger partial charge in [-0.05, 0) is 71.5 Å². The Morgan fingerprint density at radius 2 is 1.33 bits per heavy atom. The third-order valence-electron chi connectivity index (χ3n) is 8.97. The molecule has 0 radical (unpaired) electrons. The molecule has 9 amide bonds. The Morgan fingerprint density at radius 1 is 0.770 bits per heavy atom. The van der Waals surface area contributed by atoms with Gasteiger partial charge in [0.15, 0.2) is 0 Å². The molecule has 1 aliphatic heterocycles. The van der Waals surface area contributed by atoms with Gasteiger partial charge in [0.05, 0.1) is 30.8 Å². The predicted octanol–water partition coefficient (Wildman–Crippen LogP) is -7.68. The summed E-state index contributed by atoms with van der Waals surface area (Å²) in [5.74, 6) is -7.27. The number of nitrogens with two attached hydrogens (primary N) is 3. The highest BCUT2D eigenvalue weighted by Crippen LogP contribution is 2.10. The van der Waals surface area contributed by atoms with Crippen molar-refractivity contribution in [3.63, 3.8) is 0 Å². The number of amides is 9. The van der Waals surface area contributed by atoms with Crippen LogP contribution >= 0.6 is 0 Å². The van der Waals surface area contributed by atoms with Gasteiger partial charge in [0.1, 0.15) is 36.4 Å². The minimum absolute atomic E-state index is 0.0323. The van der Waals surface area contributed by atoms with Crippen molar-refractivity contribution in [3.05, 3.63) is 0 Å². The summed E-state index contributed by atoms with van der Waals surface area (Å²) in [5, 5.41) is 53.3. The number of aliphatic hydroxyl groups is 3. The van der Waals surface area contributed by atoms with Crippen molar-refractivity contribution in [2.45, 2.75) is 127 Å². The maximum Gasteiger partial charge on any atom is 0.432 e. The summed E-state index contributed by atoms with van der Waals surface area (Å²) in [7, 11) is 0. The van der Waals surface area contributed by atoms with Crippen LogP contribution in [0.1, 0.15) is 66.7 Å². The highest BCUT2D eigenvalue weighted by Gasteiger charge is 2.34. The van der Waals surface area contributed by atoms with E-state index in [1.54, 1.807) is 5.48 Å². The Morgan fingerprint density at radius 3 is 1.87 bits per heavy atom. The Hall–Kier alpha value is -5.25. The van der Waals surface area contributed by atoms with Gasteiger partial charge in [-0.15, -0.1) is 0 Å². The fourth-order valence-corrected chi connectivity index (χ4v) is 5.85. The summed E-state index contributed by atoms with van der Waals surface area (Å²) in [6.45, 7) is 5.71. The van der Waals surface area contributed by atoms with Crippen molar-refractivity contribution in [2.24, 2.45) is 23.1 Å². The molecule has 1 rings (SSSR count). The molecule has 26 nitrogen and oxygen atoms in total. The molecule has 348 valence electrons. The van der Waals surface area contributed by atoms with Gasteiger partial charge in [-0.2, -0.15) is 5.48 Å². The minimum Gasteiger partial charge on any atom is -0.391 e. The van der Waals surface area contributed by atoms with Crippen molar-refractivity contribution < 1.29 is 63.3 Å². The topological polar surface area (TPSA) is 422 Å². The second-order valence-corrected chi connectivity index (χ2v) is 14.8. The molecular weight excluding hydrogens is 810 g/mol. The van der Waals surface area contributed by atoms with Crippen molar-refractivity contribution in [1.29, 1.82) is 0 Å². The largest absolute Gasteiger partial charge is 0.432 e. The van der Waals surface area contributed by atoms with Crippen molar-refractivity contribution in [3.8, 4) is 0 Å². The van der Waals surface area contributed by atoms with E-state index in [1.807, 2.05) is 13.8 Å². The van der Waals surface area contributed by atoms with Crippen LogP contribution in [0.25, 0.3) is 0 Å². The first kappa shape index (κ1) is 53.8. The molecule has 0 aliphatic carbocycles. The summed E-state index contributed by atoms with van der Waals surface area (Å²) >= 11 is 0. The lowest BCUT2D eigenvalue weighted by Crippen LogP contribution is -2.61. The van der Waals surface area contributed by atoms with Crippen LogP contribution in [0.5, 0.6) is 0 Å². The van der Waals surface area contributed by atoms with Crippen LogP contribution in [0.2, 0.25) is 0 Å².